The number of nitrogens with zero attached hydrogens (tertiary/aromatic N) is 1. The first-order valence-electron chi connectivity index (χ1n) is 7.59. The minimum absolute atomic E-state index is 0.215. The molecule has 0 bridgehead atoms. The predicted molar refractivity (Wildman–Crippen MR) is 91.2 cm³/mol. The first kappa shape index (κ1) is 14.6. The molecule has 0 saturated carbocycles. The van der Waals surface area contributed by atoms with E-state index in [1.165, 1.54) is 30.3 Å². The first-order valence-corrected chi connectivity index (χ1v) is 7.59. The maximum Gasteiger partial charge on any atom is 0.259 e. The van der Waals surface area contributed by atoms with Gasteiger partial charge in [-0.2, -0.15) is 0 Å². The number of fused-ring (bicyclic) bond motifs is 3. The maximum absolute atomic E-state index is 13.7. The minimum atomic E-state index is -0.451. The van der Waals surface area contributed by atoms with Crippen LogP contribution in [0.4, 0.5) is 8.78 Å². The van der Waals surface area contributed by atoms with E-state index in [1.807, 2.05) is 30.3 Å². The van der Waals surface area contributed by atoms with Gasteiger partial charge >= 0.3 is 0 Å². The van der Waals surface area contributed by atoms with Crippen molar-refractivity contribution in [1.29, 1.82) is 0 Å². The Morgan fingerprint density at radius 2 is 1.42 bits per heavy atom. The van der Waals surface area contributed by atoms with Crippen molar-refractivity contribution in [3.05, 3.63) is 94.3 Å². The lowest BCUT2D eigenvalue weighted by Gasteiger charge is -2.13. The molecule has 0 atom stereocenters. The van der Waals surface area contributed by atoms with Crippen molar-refractivity contribution >= 4 is 21.7 Å². The zero-order valence-corrected chi connectivity index (χ0v) is 12.7. The summed E-state index contributed by atoms with van der Waals surface area (Å²) in [7, 11) is 0. The van der Waals surface area contributed by atoms with Crippen molar-refractivity contribution in [3.63, 3.8) is 0 Å². The molecule has 0 spiro atoms. The maximum atomic E-state index is 13.7. The van der Waals surface area contributed by atoms with Crippen molar-refractivity contribution in [1.82, 2.24) is 4.57 Å². The number of rotatable bonds is 2. The van der Waals surface area contributed by atoms with Crippen LogP contribution in [0.1, 0.15) is 5.56 Å². The number of halogens is 2. The third-order valence-corrected chi connectivity index (χ3v) is 4.18. The van der Waals surface area contributed by atoms with Crippen LogP contribution < -0.4 is 5.56 Å². The van der Waals surface area contributed by atoms with Crippen molar-refractivity contribution < 1.29 is 8.78 Å². The van der Waals surface area contributed by atoms with Crippen molar-refractivity contribution in [2.75, 3.05) is 0 Å². The molecule has 4 aromatic rings. The highest BCUT2D eigenvalue weighted by Gasteiger charge is 2.12. The summed E-state index contributed by atoms with van der Waals surface area (Å²) in [6.45, 7) is 0.370. The average Bonchev–Trinajstić information content (AvgIpc) is 2.59. The number of pyridine rings is 1. The molecular weight excluding hydrogens is 308 g/mol. The van der Waals surface area contributed by atoms with E-state index < -0.39 is 11.6 Å². The Labute approximate surface area is 136 Å². The van der Waals surface area contributed by atoms with Gasteiger partial charge in [-0.1, -0.05) is 30.3 Å². The van der Waals surface area contributed by atoms with Gasteiger partial charge in [0.25, 0.3) is 5.56 Å². The van der Waals surface area contributed by atoms with Crippen molar-refractivity contribution in [2.45, 2.75) is 6.54 Å². The zero-order chi connectivity index (χ0) is 16.7. The third kappa shape index (κ3) is 2.36. The SMILES string of the molecule is O=c1c2ccc(F)cc2c2cc(F)ccc2n1Cc1ccccc1. The summed E-state index contributed by atoms with van der Waals surface area (Å²) in [5, 5.41) is 1.34. The van der Waals surface area contributed by atoms with Gasteiger partial charge in [0.2, 0.25) is 0 Å². The number of aromatic nitrogens is 1. The fourth-order valence-corrected chi connectivity index (χ4v) is 3.06. The summed E-state index contributed by atoms with van der Waals surface area (Å²) < 4.78 is 29.0. The molecule has 0 aliphatic heterocycles. The van der Waals surface area contributed by atoms with Crippen LogP contribution in [0.2, 0.25) is 0 Å². The molecule has 0 aliphatic rings. The van der Waals surface area contributed by atoms with E-state index in [-0.39, 0.29) is 5.56 Å². The van der Waals surface area contributed by atoms with Crippen LogP contribution in [0.25, 0.3) is 21.7 Å². The van der Waals surface area contributed by atoms with Crippen LogP contribution in [-0.4, -0.2) is 4.57 Å². The number of hydrogen-bond donors (Lipinski definition) is 0. The highest BCUT2D eigenvalue weighted by atomic mass is 19.1. The Bertz CT molecular complexity index is 1120. The Morgan fingerprint density at radius 3 is 2.17 bits per heavy atom. The number of benzene rings is 3. The van der Waals surface area contributed by atoms with Crippen LogP contribution in [0.15, 0.2) is 71.5 Å². The second-order valence-electron chi connectivity index (χ2n) is 5.73. The molecule has 2 nitrogen and oxygen atoms in total. The van der Waals surface area contributed by atoms with Gasteiger partial charge in [-0.3, -0.25) is 4.79 Å². The molecule has 0 saturated heterocycles. The van der Waals surface area contributed by atoms with E-state index in [9.17, 15) is 13.6 Å². The quantitative estimate of drug-likeness (QED) is 0.499. The Morgan fingerprint density at radius 1 is 0.750 bits per heavy atom. The predicted octanol–water partition coefficient (Wildman–Crippen LogP) is 4.48. The van der Waals surface area contributed by atoms with E-state index in [4.69, 9.17) is 0 Å². The van der Waals surface area contributed by atoms with E-state index in [2.05, 4.69) is 0 Å². The molecule has 4 rings (SSSR count). The second kappa shape index (κ2) is 5.57. The van der Waals surface area contributed by atoms with Crippen LogP contribution >= 0.6 is 0 Å². The molecule has 4 heteroatoms. The van der Waals surface area contributed by atoms with Gasteiger partial charge in [-0.05, 0) is 47.3 Å². The molecule has 0 N–H and O–H groups in total. The summed E-state index contributed by atoms with van der Waals surface area (Å²) in [4.78, 5) is 12.9. The fraction of sp³-hybridized carbons (Fsp3) is 0.0500. The molecule has 0 unspecified atom stereocenters. The molecule has 1 aromatic heterocycles. The monoisotopic (exact) mass is 321 g/mol. The highest BCUT2D eigenvalue weighted by molar-refractivity contribution is 6.05. The molecule has 0 amide bonds. The van der Waals surface area contributed by atoms with Gasteiger partial charge in [-0.25, -0.2) is 8.78 Å². The lowest BCUT2D eigenvalue weighted by atomic mass is 10.1. The minimum Gasteiger partial charge on any atom is -0.303 e. The van der Waals surface area contributed by atoms with E-state index in [1.54, 1.807) is 10.6 Å². The van der Waals surface area contributed by atoms with Crippen LogP contribution in [-0.2, 0) is 6.54 Å². The summed E-state index contributed by atoms with van der Waals surface area (Å²) >= 11 is 0. The standard InChI is InChI=1S/C20H13F2NO/c21-14-6-8-16-17(10-14)18-11-15(22)7-9-19(18)23(20(16)24)12-13-4-2-1-3-5-13/h1-11H,12H2. The first-order chi connectivity index (χ1) is 11.6. The smallest absolute Gasteiger partial charge is 0.259 e. The zero-order valence-electron chi connectivity index (χ0n) is 12.7. The van der Waals surface area contributed by atoms with Crippen LogP contribution in [0.3, 0.4) is 0 Å². The van der Waals surface area contributed by atoms with Crippen LogP contribution in [0, 0.1) is 11.6 Å². The van der Waals surface area contributed by atoms with Gasteiger partial charge in [-0.15, -0.1) is 0 Å². The van der Waals surface area contributed by atoms with Gasteiger partial charge in [0, 0.05) is 10.8 Å². The molecule has 0 fully saturated rings. The van der Waals surface area contributed by atoms with Crippen molar-refractivity contribution in [3.8, 4) is 0 Å². The second-order valence-corrected chi connectivity index (χ2v) is 5.73. The summed E-state index contributed by atoms with van der Waals surface area (Å²) in [5.74, 6) is -0.869. The Kier molecular flexibility index (Phi) is 3.38. The summed E-state index contributed by atoms with van der Waals surface area (Å²) in [6.07, 6.45) is 0. The molecule has 0 radical (unpaired) electrons. The Hall–Kier alpha value is -3.01. The normalized spacial score (nSPS) is 11.2. The average molecular weight is 321 g/mol. The highest BCUT2D eigenvalue weighted by Crippen LogP contribution is 2.25. The van der Waals surface area contributed by atoms with E-state index in [0.29, 0.717) is 28.2 Å². The summed E-state index contributed by atoms with van der Waals surface area (Å²) in [6, 6.07) is 17.8. The van der Waals surface area contributed by atoms with Gasteiger partial charge in [0.15, 0.2) is 0 Å². The lowest BCUT2D eigenvalue weighted by Crippen LogP contribution is -2.21. The molecule has 0 aliphatic carbocycles. The largest absolute Gasteiger partial charge is 0.303 e. The molecular formula is C20H13F2NO. The third-order valence-electron chi connectivity index (χ3n) is 4.18. The van der Waals surface area contributed by atoms with Gasteiger partial charge in [0.05, 0.1) is 12.1 Å². The van der Waals surface area contributed by atoms with Crippen LogP contribution in [0.5, 0.6) is 0 Å². The summed E-state index contributed by atoms with van der Waals surface area (Å²) in [5.41, 5.74) is 1.34. The fourth-order valence-electron chi connectivity index (χ4n) is 3.06. The Balaban J connectivity index is 2.10. The lowest BCUT2D eigenvalue weighted by molar-refractivity contribution is 0.627. The van der Waals surface area contributed by atoms with Gasteiger partial charge < -0.3 is 4.57 Å². The van der Waals surface area contributed by atoms with E-state index >= 15 is 0 Å². The van der Waals surface area contributed by atoms with Gasteiger partial charge in [0.1, 0.15) is 11.6 Å². The topological polar surface area (TPSA) is 22.0 Å². The number of hydrogen-bond acceptors (Lipinski definition) is 1. The van der Waals surface area contributed by atoms with Crippen molar-refractivity contribution in [2.24, 2.45) is 0 Å². The molecule has 3 aromatic carbocycles. The molecule has 1 heterocycles. The van der Waals surface area contributed by atoms with E-state index in [0.717, 1.165) is 5.56 Å². The molecule has 118 valence electrons. The molecule has 24 heavy (non-hydrogen) atoms.